The van der Waals surface area contributed by atoms with Gasteiger partial charge in [0, 0.05) is 5.57 Å². The van der Waals surface area contributed by atoms with Crippen LogP contribution in [0, 0.1) is 0 Å². The van der Waals surface area contributed by atoms with Gasteiger partial charge in [-0.3, -0.25) is 0 Å². The third-order valence-corrected chi connectivity index (χ3v) is 0.977. The molecule has 1 N–H and O–H groups in total. The number of carbonyl (C=O) groups is 1. The molecule has 0 unspecified atom stereocenters. The first-order valence-electron chi connectivity index (χ1n) is 2.80. The molecule has 0 fully saturated rings. The zero-order valence-electron chi connectivity index (χ0n) is 5.77. The Morgan fingerprint density at radius 1 is 1.55 bits per heavy atom. The van der Waals surface area contributed by atoms with Gasteiger partial charge in [0.15, 0.2) is 0 Å². The number of rotatable bonds is 2. The molecule has 0 amide bonds. The largest absolute Gasteiger partial charge is 0.478 e. The Kier molecular flexibility index (Phi) is 3.10. The van der Waals surface area contributed by atoms with Crippen LogP contribution in [-0.2, 0) is 4.79 Å². The molecule has 5 heteroatoms. The summed E-state index contributed by atoms with van der Waals surface area (Å²) in [5, 5.41) is 8.14. The van der Waals surface area contributed by atoms with Crippen LogP contribution in [0.15, 0.2) is 11.6 Å². The molecule has 0 bridgehead atoms. The van der Waals surface area contributed by atoms with Crippen molar-refractivity contribution in [1.29, 1.82) is 0 Å². The highest BCUT2D eigenvalue weighted by molar-refractivity contribution is 5.85. The highest BCUT2D eigenvalue weighted by atomic mass is 19.4. The summed E-state index contributed by atoms with van der Waals surface area (Å²) in [6.45, 7) is 1.12. The van der Waals surface area contributed by atoms with Crippen LogP contribution in [-0.4, -0.2) is 17.3 Å². The molecule has 0 aliphatic heterocycles. The number of halogens is 3. The minimum atomic E-state index is -4.32. The summed E-state index contributed by atoms with van der Waals surface area (Å²) in [6.07, 6.45) is -4.87. The Hall–Kier alpha value is -1.00. The van der Waals surface area contributed by atoms with Gasteiger partial charge in [-0.15, -0.1) is 0 Å². The van der Waals surface area contributed by atoms with Gasteiger partial charge in [-0.25, -0.2) is 4.79 Å². The molecule has 0 spiro atoms. The van der Waals surface area contributed by atoms with E-state index in [4.69, 9.17) is 5.11 Å². The maximum absolute atomic E-state index is 11.4. The molecule has 0 aliphatic carbocycles. The van der Waals surface area contributed by atoms with E-state index >= 15 is 0 Å². The monoisotopic (exact) mass is 168 g/mol. The molecular formula is C6H7F3O2. The van der Waals surface area contributed by atoms with E-state index < -0.39 is 18.6 Å². The lowest BCUT2D eigenvalue weighted by Gasteiger charge is -2.00. The van der Waals surface area contributed by atoms with E-state index in [1.807, 2.05) is 0 Å². The summed E-state index contributed by atoms with van der Waals surface area (Å²) in [5.74, 6) is -1.32. The van der Waals surface area contributed by atoms with Crippen LogP contribution >= 0.6 is 0 Å². The van der Waals surface area contributed by atoms with Crippen molar-refractivity contribution >= 4 is 5.97 Å². The first-order chi connectivity index (χ1) is 4.83. The fourth-order valence-corrected chi connectivity index (χ4v) is 0.356. The summed E-state index contributed by atoms with van der Waals surface area (Å²) < 4.78 is 34.3. The molecule has 0 rings (SSSR count). The second-order valence-electron chi connectivity index (χ2n) is 2.01. The van der Waals surface area contributed by atoms with E-state index in [2.05, 4.69) is 0 Å². The number of hydrogen-bond donors (Lipinski definition) is 1. The van der Waals surface area contributed by atoms with Crippen LogP contribution in [0.4, 0.5) is 13.2 Å². The lowest BCUT2D eigenvalue weighted by Crippen LogP contribution is -2.06. The number of aliphatic carboxylic acids is 1. The van der Waals surface area contributed by atoms with Crippen LogP contribution in [0.1, 0.15) is 13.3 Å². The van der Waals surface area contributed by atoms with Crippen LogP contribution in [0.3, 0.4) is 0 Å². The summed E-state index contributed by atoms with van der Waals surface area (Å²) in [5.41, 5.74) is -0.290. The van der Waals surface area contributed by atoms with Crippen molar-refractivity contribution < 1.29 is 23.1 Å². The number of allylic oxidation sites excluding steroid dienone is 1. The van der Waals surface area contributed by atoms with Crippen molar-refractivity contribution in [3.8, 4) is 0 Å². The molecule has 0 aromatic rings. The number of alkyl halides is 3. The van der Waals surface area contributed by atoms with Crippen molar-refractivity contribution in [1.82, 2.24) is 0 Å². The van der Waals surface area contributed by atoms with Crippen molar-refractivity contribution in [3.63, 3.8) is 0 Å². The maximum Gasteiger partial charge on any atom is 0.392 e. The highest BCUT2D eigenvalue weighted by Crippen LogP contribution is 2.20. The molecule has 2 nitrogen and oxygen atoms in total. The Balaban J connectivity index is 4.04. The Bertz CT molecular complexity index is 181. The van der Waals surface area contributed by atoms with Crippen molar-refractivity contribution in [3.05, 3.63) is 11.6 Å². The van der Waals surface area contributed by atoms with Gasteiger partial charge in [-0.1, -0.05) is 6.08 Å². The van der Waals surface area contributed by atoms with Crippen LogP contribution < -0.4 is 0 Å². The third kappa shape index (κ3) is 5.44. The molecule has 0 heterocycles. The molecule has 64 valence electrons. The van der Waals surface area contributed by atoms with E-state index in [1.54, 1.807) is 0 Å². The van der Waals surface area contributed by atoms with Crippen molar-refractivity contribution in [2.45, 2.75) is 19.5 Å². The zero-order chi connectivity index (χ0) is 9.07. The molecular weight excluding hydrogens is 161 g/mol. The molecule has 0 aromatic heterocycles. The fourth-order valence-electron chi connectivity index (χ4n) is 0.356. The minimum Gasteiger partial charge on any atom is -0.478 e. The third-order valence-electron chi connectivity index (χ3n) is 0.977. The Morgan fingerprint density at radius 2 is 2.00 bits per heavy atom. The Labute approximate surface area is 61.3 Å². The highest BCUT2D eigenvalue weighted by Gasteiger charge is 2.25. The van der Waals surface area contributed by atoms with E-state index in [1.165, 1.54) is 0 Å². The normalized spacial score (nSPS) is 13.3. The van der Waals surface area contributed by atoms with E-state index in [-0.39, 0.29) is 5.57 Å². The van der Waals surface area contributed by atoms with Crippen LogP contribution in [0.2, 0.25) is 0 Å². The fraction of sp³-hybridized carbons (Fsp3) is 0.500. The van der Waals surface area contributed by atoms with Crippen molar-refractivity contribution in [2.75, 3.05) is 0 Å². The first kappa shape index (κ1) is 10.0. The number of carboxylic acids is 1. The Morgan fingerprint density at radius 3 is 2.27 bits per heavy atom. The standard InChI is InChI=1S/C6H7F3O2/c1-4(5(10)11)2-3-6(7,8)9/h2H,3H2,1H3,(H,10,11)/b4-2+. The lowest BCUT2D eigenvalue weighted by molar-refractivity contribution is -0.132. The zero-order valence-corrected chi connectivity index (χ0v) is 5.77. The minimum absolute atomic E-state index is 0.290. The summed E-state index contributed by atoms with van der Waals surface area (Å²) in [6, 6.07) is 0. The predicted octanol–water partition coefficient (Wildman–Crippen LogP) is 1.97. The maximum atomic E-state index is 11.4. The number of carboxylic acid groups (broad SMARTS) is 1. The molecule has 0 aromatic carbocycles. The molecule has 0 aliphatic rings. The van der Waals surface area contributed by atoms with E-state index in [0.717, 1.165) is 6.92 Å². The smallest absolute Gasteiger partial charge is 0.392 e. The van der Waals surface area contributed by atoms with Gasteiger partial charge in [-0.05, 0) is 6.92 Å². The predicted molar refractivity (Wildman–Crippen MR) is 32.1 cm³/mol. The molecule has 0 atom stereocenters. The average Bonchev–Trinajstić information content (AvgIpc) is 1.80. The first-order valence-corrected chi connectivity index (χ1v) is 2.80. The SMILES string of the molecule is C/C(=C\CC(F)(F)F)C(=O)O. The summed E-state index contributed by atoms with van der Waals surface area (Å²) >= 11 is 0. The lowest BCUT2D eigenvalue weighted by atomic mass is 10.2. The average molecular weight is 168 g/mol. The van der Waals surface area contributed by atoms with Gasteiger partial charge in [-0.2, -0.15) is 13.2 Å². The molecule has 0 saturated carbocycles. The molecule has 0 radical (unpaired) electrons. The molecule has 11 heavy (non-hydrogen) atoms. The number of hydrogen-bond acceptors (Lipinski definition) is 1. The van der Waals surface area contributed by atoms with Gasteiger partial charge < -0.3 is 5.11 Å². The van der Waals surface area contributed by atoms with Crippen molar-refractivity contribution in [2.24, 2.45) is 0 Å². The van der Waals surface area contributed by atoms with Gasteiger partial charge in [0.2, 0.25) is 0 Å². The summed E-state index contributed by atoms with van der Waals surface area (Å²) in [4.78, 5) is 9.98. The van der Waals surface area contributed by atoms with Crippen LogP contribution in [0.25, 0.3) is 0 Å². The second kappa shape index (κ2) is 3.41. The van der Waals surface area contributed by atoms with E-state index in [9.17, 15) is 18.0 Å². The second-order valence-corrected chi connectivity index (χ2v) is 2.01. The topological polar surface area (TPSA) is 37.3 Å². The quantitative estimate of drug-likeness (QED) is 0.640. The summed E-state index contributed by atoms with van der Waals surface area (Å²) in [7, 11) is 0. The molecule has 0 saturated heterocycles. The van der Waals surface area contributed by atoms with Gasteiger partial charge in [0.25, 0.3) is 0 Å². The van der Waals surface area contributed by atoms with Gasteiger partial charge >= 0.3 is 12.1 Å². The van der Waals surface area contributed by atoms with E-state index in [0.29, 0.717) is 6.08 Å². The van der Waals surface area contributed by atoms with Gasteiger partial charge in [0.05, 0.1) is 6.42 Å². The van der Waals surface area contributed by atoms with Gasteiger partial charge in [0.1, 0.15) is 0 Å². The van der Waals surface area contributed by atoms with Crippen LogP contribution in [0.5, 0.6) is 0 Å².